The molecular formula is C13H24N2O2. The van der Waals surface area contributed by atoms with Crippen LogP contribution in [0.15, 0.2) is 0 Å². The van der Waals surface area contributed by atoms with Crippen molar-refractivity contribution in [1.82, 2.24) is 10.2 Å². The number of piperazine rings is 1. The van der Waals surface area contributed by atoms with Gasteiger partial charge < -0.3 is 10.2 Å². The third kappa shape index (κ3) is 2.61. The van der Waals surface area contributed by atoms with Gasteiger partial charge in [0.1, 0.15) is 11.6 Å². The van der Waals surface area contributed by atoms with E-state index in [0.29, 0.717) is 18.9 Å². The summed E-state index contributed by atoms with van der Waals surface area (Å²) in [4.78, 5) is 26.0. The molecule has 0 saturated carbocycles. The van der Waals surface area contributed by atoms with E-state index in [1.54, 1.807) is 4.90 Å². The smallest absolute Gasteiger partial charge is 0.246 e. The number of carbonyl (C=O) groups excluding carboxylic acids is 2. The van der Waals surface area contributed by atoms with E-state index in [2.05, 4.69) is 19.2 Å². The van der Waals surface area contributed by atoms with Crippen LogP contribution in [0.25, 0.3) is 0 Å². The summed E-state index contributed by atoms with van der Waals surface area (Å²) >= 11 is 0. The molecule has 1 rings (SSSR count). The summed E-state index contributed by atoms with van der Waals surface area (Å²) in [6, 6.07) is -0.348. The predicted octanol–water partition coefficient (Wildman–Crippen LogP) is 1.55. The highest BCUT2D eigenvalue weighted by Gasteiger charge is 2.45. The Balaban J connectivity index is 2.93. The van der Waals surface area contributed by atoms with Crippen molar-refractivity contribution in [2.45, 2.75) is 59.0 Å². The molecule has 98 valence electrons. The second kappa shape index (κ2) is 5.07. The zero-order chi connectivity index (χ0) is 13.2. The number of rotatable bonds is 4. The number of nitrogens with one attached hydrogen (secondary N) is 1. The molecule has 0 spiro atoms. The van der Waals surface area contributed by atoms with Gasteiger partial charge in [-0.3, -0.25) is 9.59 Å². The summed E-state index contributed by atoms with van der Waals surface area (Å²) in [6.07, 6.45) is 1.66. The quantitative estimate of drug-likeness (QED) is 0.810. The molecule has 1 aliphatic rings. The fourth-order valence-electron chi connectivity index (χ4n) is 2.02. The van der Waals surface area contributed by atoms with Gasteiger partial charge in [-0.25, -0.2) is 0 Å². The molecule has 17 heavy (non-hydrogen) atoms. The average molecular weight is 240 g/mol. The Bertz CT molecular complexity index is 313. The molecule has 1 fully saturated rings. The SMILES string of the molecule is CCC(C)CN1C(=O)C(CC)NC(=O)C1(C)C. The van der Waals surface area contributed by atoms with E-state index >= 15 is 0 Å². The largest absolute Gasteiger partial charge is 0.342 e. The highest BCUT2D eigenvalue weighted by Crippen LogP contribution is 2.23. The van der Waals surface area contributed by atoms with Gasteiger partial charge in [-0.05, 0) is 26.2 Å². The molecular weight excluding hydrogens is 216 g/mol. The molecule has 0 aromatic carbocycles. The molecule has 2 atom stereocenters. The summed E-state index contributed by atoms with van der Waals surface area (Å²) in [7, 11) is 0. The summed E-state index contributed by atoms with van der Waals surface area (Å²) in [5.41, 5.74) is -0.730. The van der Waals surface area contributed by atoms with Gasteiger partial charge >= 0.3 is 0 Å². The molecule has 4 nitrogen and oxygen atoms in total. The van der Waals surface area contributed by atoms with E-state index in [0.717, 1.165) is 6.42 Å². The van der Waals surface area contributed by atoms with E-state index in [9.17, 15) is 9.59 Å². The van der Waals surface area contributed by atoms with Crippen molar-refractivity contribution >= 4 is 11.8 Å². The molecule has 0 aromatic heterocycles. The molecule has 2 unspecified atom stereocenters. The second-order valence-electron chi connectivity index (χ2n) is 5.46. The van der Waals surface area contributed by atoms with Crippen LogP contribution in [0.2, 0.25) is 0 Å². The molecule has 0 radical (unpaired) electrons. The topological polar surface area (TPSA) is 49.4 Å². The highest BCUT2D eigenvalue weighted by atomic mass is 16.2. The summed E-state index contributed by atoms with van der Waals surface area (Å²) in [5, 5.41) is 2.80. The molecule has 0 aliphatic carbocycles. The van der Waals surface area contributed by atoms with Crippen LogP contribution in [-0.2, 0) is 9.59 Å². The van der Waals surface area contributed by atoms with Crippen LogP contribution in [0.3, 0.4) is 0 Å². The van der Waals surface area contributed by atoms with Gasteiger partial charge in [-0.2, -0.15) is 0 Å². The van der Waals surface area contributed by atoms with Gasteiger partial charge in [-0.15, -0.1) is 0 Å². The number of amides is 2. The van der Waals surface area contributed by atoms with Gasteiger partial charge in [0.2, 0.25) is 11.8 Å². The zero-order valence-electron chi connectivity index (χ0n) is 11.5. The number of nitrogens with zero attached hydrogens (tertiary/aromatic N) is 1. The zero-order valence-corrected chi connectivity index (χ0v) is 11.5. The van der Waals surface area contributed by atoms with Gasteiger partial charge in [0.25, 0.3) is 0 Å². The maximum Gasteiger partial charge on any atom is 0.246 e. The van der Waals surface area contributed by atoms with Crippen LogP contribution in [0.4, 0.5) is 0 Å². The minimum atomic E-state index is -0.730. The Kier molecular flexibility index (Phi) is 4.17. The number of carbonyl (C=O) groups is 2. The molecule has 1 N–H and O–H groups in total. The van der Waals surface area contributed by atoms with E-state index in [4.69, 9.17) is 0 Å². The van der Waals surface area contributed by atoms with E-state index in [-0.39, 0.29) is 17.9 Å². The van der Waals surface area contributed by atoms with Crippen LogP contribution in [0.5, 0.6) is 0 Å². The molecule has 1 saturated heterocycles. The molecule has 4 heteroatoms. The van der Waals surface area contributed by atoms with E-state index in [1.165, 1.54) is 0 Å². The van der Waals surface area contributed by atoms with Crippen molar-refractivity contribution < 1.29 is 9.59 Å². The molecule has 2 amide bonds. The lowest BCUT2D eigenvalue weighted by Crippen LogP contribution is -2.68. The average Bonchev–Trinajstić information content (AvgIpc) is 2.29. The lowest BCUT2D eigenvalue weighted by atomic mass is 9.93. The van der Waals surface area contributed by atoms with Crippen molar-refractivity contribution in [2.75, 3.05) is 6.54 Å². The van der Waals surface area contributed by atoms with Crippen molar-refractivity contribution in [3.63, 3.8) is 0 Å². The first-order valence-electron chi connectivity index (χ1n) is 6.47. The van der Waals surface area contributed by atoms with Gasteiger partial charge in [0.05, 0.1) is 0 Å². The fraction of sp³-hybridized carbons (Fsp3) is 0.846. The van der Waals surface area contributed by atoms with Crippen molar-refractivity contribution in [3.05, 3.63) is 0 Å². The molecule has 0 bridgehead atoms. The Labute approximate surface area is 104 Å². The Morgan fingerprint density at radius 2 is 1.94 bits per heavy atom. The van der Waals surface area contributed by atoms with E-state index in [1.807, 2.05) is 20.8 Å². The van der Waals surface area contributed by atoms with Crippen molar-refractivity contribution in [1.29, 1.82) is 0 Å². The van der Waals surface area contributed by atoms with Gasteiger partial charge in [0.15, 0.2) is 0 Å². The van der Waals surface area contributed by atoms with E-state index < -0.39 is 5.54 Å². The molecule has 0 aromatic rings. The molecule has 1 heterocycles. The standard InChI is InChI=1S/C13H24N2O2/c1-6-9(3)8-15-11(16)10(7-2)14-12(17)13(15,4)5/h9-10H,6-8H2,1-5H3,(H,14,17). The number of hydrogen-bond acceptors (Lipinski definition) is 2. The fourth-order valence-corrected chi connectivity index (χ4v) is 2.02. The maximum absolute atomic E-state index is 12.3. The first-order valence-corrected chi connectivity index (χ1v) is 6.47. The van der Waals surface area contributed by atoms with Crippen LogP contribution in [-0.4, -0.2) is 34.8 Å². The van der Waals surface area contributed by atoms with Crippen LogP contribution < -0.4 is 5.32 Å². The number of hydrogen-bond donors (Lipinski definition) is 1. The normalized spacial score (nSPS) is 25.7. The maximum atomic E-state index is 12.3. The van der Waals surface area contributed by atoms with Gasteiger partial charge in [-0.1, -0.05) is 27.2 Å². The molecule has 1 aliphatic heterocycles. The second-order valence-corrected chi connectivity index (χ2v) is 5.46. The van der Waals surface area contributed by atoms with Crippen molar-refractivity contribution in [3.8, 4) is 0 Å². The summed E-state index contributed by atoms with van der Waals surface area (Å²) < 4.78 is 0. The third-order valence-electron chi connectivity index (χ3n) is 3.70. The summed E-state index contributed by atoms with van der Waals surface area (Å²) in [5.74, 6) is 0.422. The minimum Gasteiger partial charge on any atom is -0.342 e. The van der Waals surface area contributed by atoms with Crippen LogP contribution in [0, 0.1) is 5.92 Å². The first-order chi connectivity index (χ1) is 7.84. The Morgan fingerprint density at radius 1 is 1.35 bits per heavy atom. The lowest BCUT2D eigenvalue weighted by Gasteiger charge is -2.45. The Morgan fingerprint density at radius 3 is 2.41 bits per heavy atom. The Hall–Kier alpha value is -1.06. The van der Waals surface area contributed by atoms with Crippen LogP contribution >= 0.6 is 0 Å². The minimum absolute atomic E-state index is 0.0488. The van der Waals surface area contributed by atoms with Crippen molar-refractivity contribution in [2.24, 2.45) is 5.92 Å². The third-order valence-corrected chi connectivity index (χ3v) is 3.70. The van der Waals surface area contributed by atoms with Gasteiger partial charge in [0, 0.05) is 6.54 Å². The lowest BCUT2D eigenvalue weighted by molar-refractivity contribution is -0.156. The first kappa shape index (κ1) is 14.0. The summed E-state index contributed by atoms with van der Waals surface area (Å²) in [6.45, 7) is 10.4. The predicted molar refractivity (Wildman–Crippen MR) is 67.5 cm³/mol. The monoisotopic (exact) mass is 240 g/mol. The highest BCUT2D eigenvalue weighted by molar-refractivity contribution is 5.99. The van der Waals surface area contributed by atoms with Crippen LogP contribution in [0.1, 0.15) is 47.5 Å².